The van der Waals surface area contributed by atoms with Crippen molar-refractivity contribution in [2.45, 2.75) is 107 Å². The minimum absolute atomic E-state index is 0.0642. The van der Waals surface area contributed by atoms with Crippen molar-refractivity contribution in [3.05, 3.63) is 36.0 Å². The highest BCUT2D eigenvalue weighted by atomic mass is 33.1. The number of unbranched alkanes of at least 4 members (excludes halogenated alkanes) is 1. The number of benzene rings is 1. The highest BCUT2D eigenvalue weighted by Crippen LogP contribution is 2.39. The third-order valence-corrected chi connectivity index (χ3v) is 13.2. The molecule has 0 bridgehead atoms. The van der Waals surface area contributed by atoms with E-state index in [2.05, 4.69) is 31.6 Å². The van der Waals surface area contributed by atoms with Gasteiger partial charge < -0.3 is 53.0 Å². The lowest BCUT2D eigenvalue weighted by molar-refractivity contribution is -0.143. The number of aromatic amines is 1. The summed E-state index contributed by atoms with van der Waals surface area (Å²) >= 11 is 0. The van der Waals surface area contributed by atoms with Gasteiger partial charge in [-0.05, 0) is 70.5 Å². The number of rotatable bonds is 9. The van der Waals surface area contributed by atoms with E-state index >= 15 is 0 Å². The topological polar surface area (TPSA) is 288 Å². The molecule has 0 aliphatic carbocycles. The van der Waals surface area contributed by atoms with Crippen LogP contribution in [-0.2, 0) is 44.8 Å². The number of carboxylic acid groups (broad SMARTS) is 1. The number of fused-ring (bicyclic) bond motifs is 2. The van der Waals surface area contributed by atoms with Crippen LogP contribution in [0.1, 0.15) is 70.8 Å². The molecular formula is C37H53N9O9S2. The van der Waals surface area contributed by atoms with Crippen LogP contribution >= 0.6 is 21.6 Å². The minimum Gasteiger partial charge on any atom is -0.481 e. The van der Waals surface area contributed by atoms with E-state index in [0.29, 0.717) is 43.5 Å². The van der Waals surface area contributed by atoms with Crippen molar-refractivity contribution in [1.29, 1.82) is 0 Å². The van der Waals surface area contributed by atoms with Crippen LogP contribution in [0.4, 0.5) is 0 Å². The SMILES string of the molecule is CC1(C)SSCCCC(=O)N[C@@H](CCCCN)C(=O)NCC(=O)N[C@@H](CC(=O)O)C(=O)N[C@@H](Cc2c[nH]c3ccccc23)C(=O)N2CCCC2C(=O)N[C@@H]1C(N)=O. The van der Waals surface area contributed by atoms with Gasteiger partial charge >= 0.3 is 5.97 Å². The fraction of sp³-hybridized carbons (Fsp3) is 0.568. The molecule has 312 valence electrons. The first kappa shape index (κ1) is 44.9. The Bertz CT molecular complexity index is 1810. The molecular weight excluding hydrogens is 779 g/mol. The second kappa shape index (κ2) is 21.1. The number of H-pyrrole nitrogens is 1. The number of nitrogens with zero attached hydrogens (tertiary/aromatic N) is 1. The second-order valence-corrected chi connectivity index (χ2v) is 17.7. The summed E-state index contributed by atoms with van der Waals surface area (Å²) in [5.41, 5.74) is 12.8. The van der Waals surface area contributed by atoms with Crippen molar-refractivity contribution in [2.24, 2.45) is 11.5 Å². The molecule has 1 aromatic carbocycles. The lowest BCUT2D eigenvalue weighted by atomic mass is 10.0. The number of primary amides is 1. The minimum atomic E-state index is -1.66. The first-order valence-electron chi connectivity index (χ1n) is 19.0. The number of para-hydroxylation sites is 1. The number of aliphatic carboxylic acids is 1. The van der Waals surface area contributed by atoms with E-state index < -0.39 is 95.2 Å². The van der Waals surface area contributed by atoms with Gasteiger partial charge in [-0.25, -0.2) is 0 Å². The predicted octanol–water partition coefficient (Wildman–Crippen LogP) is -0.200. The Labute approximate surface area is 338 Å². The zero-order valence-electron chi connectivity index (χ0n) is 32.1. The van der Waals surface area contributed by atoms with Crippen LogP contribution in [0.2, 0.25) is 0 Å². The van der Waals surface area contributed by atoms with Crippen molar-refractivity contribution in [3.8, 4) is 0 Å². The second-order valence-electron chi connectivity index (χ2n) is 14.6. The Morgan fingerprint density at radius 2 is 1.65 bits per heavy atom. The van der Waals surface area contributed by atoms with Gasteiger partial charge in [0.1, 0.15) is 30.2 Å². The van der Waals surface area contributed by atoms with Crippen LogP contribution in [0.5, 0.6) is 0 Å². The van der Waals surface area contributed by atoms with Gasteiger partial charge in [0.25, 0.3) is 0 Å². The summed E-state index contributed by atoms with van der Waals surface area (Å²) < 4.78 is -0.919. The molecule has 2 saturated heterocycles. The molecule has 1 aromatic heterocycles. The van der Waals surface area contributed by atoms with Gasteiger partial charge in [0.2, 0.25) is 41.4 Å². The normalized spacial score (nSPS) is 25.0. The highest BCUT2D eigenvalue weighted by Gasteiger charge is 2.42. The number of carbonyl (C=O) groups excluding carboxylic acids is 7. The van der Waals surface area contributed by atoms with Gasteiger partial charge in [0, 0.05) is 47.0 Å². The van der Waals surface area contributed by atoms with E-state index in [1.807, 2.05) is 24.3 Å². The van der Waals surface area contributed by atoms with Gasteiger partial charge in [-0.1, -0.05) is 39.8 Å². The number of amides is 7. The molecule has 11 N–H and O–H groups in total. The van der Waals surface area contributed by atoms with Crippen molar-refractivity contribution >= 4 is 79.8 Å². The maximum Gasteiger partial charge on any atom is 0.305 e. The number of hydrogen-bond acceptors (Lipinski definition) is 11. The molecule has 5 atom stereocenters. The Hall–Kier alpha value is -4.82. The third kappa shape index (κ3) is 12.8. The molecule has 57 heavy (non-hydrogen) atoms. The van der Waals surface area contributed by atoms with Crippen molar-refractivity contribution < 1.29 is 43.5 Å². The summed E-state index contributed by atoms with van der Waals surface area (Å²) in [6, 6.07) is 1.15. The van der Waals surface area contributed by atoms with Gasteiger partial charge in [-0.15, -0.1) is 0 Å². The quantitative estimate of drug-likeness (QED) is 0.117. The zero-order valence-corrected chi connectivity index (χ0v) is 33.7. The Morgan fingerprint density at radius 3 is 2.37 bits per heavy atom. The van der Waals surface area contributed by atoms with Gasteiger partial charge in [-0.2, -0.15) is 0 Å². The molecule has 18 nitrogen and oxygen atoms in total. The molecule has 20 heteroatoms. The number of nitrogens with one attached hydrogen (secondary N) is 6. The molecule has 2 aromatic rings. The standard InChI is InChI=1S/C37H53N9O9S2/c1-37(2)31(32(39)51)45-35(54)27-12-7-15-46(27)36(55)26(17-21-19-40-23-10-4-3-9-22(21)23)44-34(53)25(18-30(49)50)43-29(48)20-41-33(52)24(11-5-6-14-38)42-28(47)13-8-16-56-57-37/h3-4,9-10,19,24-27,31,40H,5-8,11-18,20,38H2,1-2H3,(H2,39,51)(H,41,52)(H,42,47)(H,43,48)(H,44,53)(H,45,54)(H,49,50)/t24-,25-,26-,27?,31+/m0/s1. The number of hydrogen-bond donors (Lipinski definition) is 9. The van der Waals surface area contributed by atoms with Crippen LogP contribution in [0.3, 0.4) is 0 Å². The average molecular weight is 832 g/mol. The molecule has 7 amide bonds. The first-order valence-corrected chi connectivity index (χ1v) is 21.3. The van der Waals surface area contributed by atoms with E-state index in [4.69, 9.17) is 11.5 Å². The third-order valence-electron chi connectivity index (χ3n) is 9.78. The lowest BCUT2D eigenvalue weighted by Gasteiger charge is -2.34. The summed E-state index contributed by atoms with van der Waals surface area (Å²) in [6.07, 6.45) is 3.30. The molecule has 2 aliphatic rings. The molecule has 0 spiro atoms. The monoisotopic (exact) mass is 831 g/mol. The smallest absolute Gasteiger partial charge is 0.305 e. The molecule has 0 radical (unpaired) electrons. The van der Waals surface area contributed by atoms with E-state index in [-0.39, 0.29) is 32.2 Å². The lowest BCUT2D eigenvalue weighted by Crippen LogP contribution is -2.61. The number of carbonyl (C=O) groups is 8. The molecule has 4 rings (SSSR count). The summed E-state index contributed by atoms with van der Waals surface area (Å²) in [5.74, 6) is -5.88. The van der Waals surface area contributed by atoms with Crippen LogP contribution in [-0.4, -0.2) is 123 Å². The highest BCUT2D eigenvalue weighted by molar-refractivity contribution is 8.77. The number of nitrogens with two attached hydrogens (primary N) is 2. The van der Waals surface area contributed by atoms with Crippen LogP contribution in [0, 0.1) is 0 Å². The fourth-order valence-electron chi connectivity index (χ4n) is 6.80. The summed E-state index contributed by atoms with van der Waals surface area (Å²) in [4.78, 5) is 110. The first-order chi connectivity index (χ1) is 27.1. The summed E-state index contributed by atoms with van der Waals surface area (Å²) in [5, 5.41) is 23.4. The average Bonchev–Trinajstić information content (AvgIpc) is 3.82. The maximum atomic E-state index is 14.4. The molecule has 2 aliphatic heterocycles. The van der Waals surface area contributed by atoms with Crippen molar-refractivity contribution in [3.63, 3.8) is 0 Å². The number of aromatic nitrogens is 1. The zero-order chi connectivity index (χ0) is 41.7. The number of carboxylic acids is 1. The maximum absolute atomic E-state index is 14.4. The molecule has 2 fully saturated rings. The van der Waals surface area contributed by atoms with E-state index in [0.717, 1.165) is 10.9 Å². The largest absolute Gasteiger partial charge is 0.481 e. The van der Waals surface area contributed by atoms with E-state index in [9.17, 15) is 43.5 Å². The fourth-order valence-corrected chi connectivity index (χ4v) is 9.53. The summed E-state index contributed by atoms with van der Waals surface area (Å²) in [6.45, 7) is 3.39. The summed E-state index contributed by atoms with van der Waals surface area (Å²) in [7, 11) is 2.69. The van der Waals surface area contributed by atoms with Crippen LogP contribution < -0.4 is 38.1 Å². The van der Waals surface area contributed by atoms with E-state index in [1.165, 1.54) is 26.5 Å². The van der Waals surface area contributed by atoms with Gasteiger partial charge in [-0.3, -0.25) is 38.4 Å². The van der Waals surface area contributed by atoms with Crippen LogP contribution in [0.15, 0.2) is 30.5 Å². The Morgan fingerprint density at radius 1 is 0.912 bits per heavy atom. The molecule has 0 saturated carbocycles. The molecule has 1 unspecified atom stereocenters. The predicted molar refractivity (Wildman–Crippen MR) is 215 cm³/mol. The van der Waals surface area contributed by atoms with Crippen molar-refractivity contribution in [2.75, 3.05) is 25.4 Å². The van der Waals surface area contributed by atoms with Gasteiger partial charge in [0.15, 0.2) is 0 Å². The van der Waals surface area contributed by atoms with Crippen molar-refractivity contribution in [1.82, 2.24) is 36.5 Å². The Kier molecular flexibility index (Phi) is 16.6. The molecule has 3 heterocycles. The van der Waals surface area contributed by atoms with E-state index in [1.54, 1.807) is 20.0 Å². The Balaban J connectivity index is 1.67. The van der Waals surface area contributed by atoms with Crippen LogP contribution in [0.25, 0.3) is 10.9 Å². The van der Waals surface area contributed by atoms with Gasteiger partial charge in [0.05, 0.1) is 13.0 Å².